The van der Waals surface area contributed by atoms with Gasteiger partial charge in [-0.3, -0.25) is 0 Å². The van der Waals surface area contributed by atoms with Crippen molar-refractivity contribution < 1.29 is 0 Å². The fourth-order valence-corrected chi connectivity index (χ4v) is 0.825. The molecule has 0 spiro atoms. The van der Waals surface area contributed by atoms with E-state index in [0.717, 1.165) is 10.9 Å². The minimum Gasteiger partial charge on any atom is -0.393 e. The molecule has 2 nitrogen and oxygen atoms in total. The van der Waals surface area contributed by atoms with Crippen molar-refractivity contribution in [1.29, 1.82) is 0 Å². The lowest BCUT2D eigenvalue weighted by molar-refractivity contribution is 0.976. The number of nitrogens with one attached hydrogen (secondary N) is 1. The summed E-state index contributed by atoms with van der Waals surface area (Å²) in [6.45, 7) is 0.693. The first kappa shape index (κ1) is 7.98. The molecular weight excluding hydrogens is 168 g/mol. The zero-order valence-electron chi connectivity index (χ0n) is 4.95. The maximum Gasteiger partial charge on any atom is 0.0120 e. The van der Waals surface area contributed by atoms with Crippen molar-refractivity contribution in [2.24, 2.45) is 5.73 Å². The third-order valence-corrected chi connectivity index (χ3v) is 1.31. The van der Waals surface area contributed by atoms with Crippen LogP contribution in [0.4, 0.5) is 0 Å². The largest absolute Gasteiger partial charge is 0.393 e. The molecule has 0 aromatic rings. The maximum atomic E-state index is 5.26. The first-order valence-electron chi connectivity index (χ1n) is 2.53. The molecule has 0 aliphatic heterocycles. The lowest BCUT2D eigenvalue weighted by Gasteiger charge is -1.92. The predicted octanol–water partition coefficient (Wildman–Crippen LogP) is 0.791. The fraction of sp³-hybridized carbons (Fsp3) is 0.600. The quantitative estimate of drug-likeness (QED) is 0.672. The van der Waals surface area contributed by atoms with Crippen molar-refractivity contribution in [1.82, 2.24) is 5.32 Å². The zero-order chi connectivity index (χ0) is 6.41. The minimum atomic E-state index is 0.693. The first-order valence-corrected chi connectivity index (χ1v) is 3.32. The van der Waals surface area contributed by atoms with Gasteiger partial charge < -0.3 is 11.1 Å². The standard InChI is InChI=1S/C5H11BrN2/c1-8-4-5(6)2-3-7/h4,8H,2-3,7H2,1H3/b5-4+. The van der Waals surface area contributed by atoms with E-state index in [4.69, 9.17) is 5.73 Å². The molecular formula is C5H11BrN2. The second-order valence-electron chi connectivity index (χ2n) is 1.42. The van der Waals surface area contributed by atoms with E-state index in [1.807, 2.05) is 13.2 Å². The van der Waals surface area contributed by atoms with Crippen molar-refractivity contribution >= 4 is 15.9 Å². The van der Waals surface area contributed by atoms with E-state index in [1.54, 1.807) is 0 Å². The molecule has 0 amide bonds. The molecule has 0 heterocycles. The summed E-state index contributed by atoms with van der Waals surface area (Å²) in [4.78, 5) is 0. The van der Waals surface area contributed by atoms with Crippen LogP contribution in [0.25, 0.3) is 0 Å². The summed E-state index contributed by atoms with van der Waals surface area (Å²) < 4.78 is 1.11. The van der Waals surface area contributed by atoms with Crippen LogP contribution in [0.3, 0.4) is 0 Å². The highest BCUT2D eigenvalue weighted by atomic mass is 79.9. The smallest absolute Gasteiger partial charge is 0.0120 e. The Morgan fingerprint density at radius 2 is 2.50 bits per heavy atom. The third kappa shape index (κ3) is 4.15. The van der Waals surface area contributed by atoms with Crippen molar-refractivity contribution in [2.45, 2.75) is 6.42 Å². The predicted molar refractivity (Wildman–Crippen MR) is 39.7 cm³/mol. The van der Waals surface area contributed by atoms with Crippen molar-refractivity contribution in [2.75, 3.05) is 13.6 Å². The monoisotopic (exact) mass is 178 g/mol. The van der Waals surface area contributed by atoms with E-state index >= 15 is 0 Å². The lowest BCUT2D eigenvalue weighted by atomic mass is 10.4. The SMILES string of the molecule is CN/C=C(/Br)CCN. The average Bonchev–Trinajstić information content (AvgIpc) is 1.68. The molecule has 0 aliphatic rings. The topological polar surface area (TPSA) is 38.0 Å². The lowest BCUT2D eigenvalue weighted by Crippen LogP contribution is -2.00. The van der Waals surface area contributed by atoms with Crippen LogP contribution >= 0.6 is 15.9 Å². The van der Waals surface area contributed by atoms with Crippen molar-refractivity contribution in [3.63, 3.8) is 0 Å². The molecule has 3 heteroatoms. The van der Waals surface area contributed by atoms with Gasteiger partial charge in [0.2, 0.25) is 0 Å². The number of hydrogen-bond acceptors (Lipinski definition) is 2. The van der Waals surface area contributed by atoms with Gasteiger partial charge in [-0.1, -0.05) is 15.9 Å². The molecule has 0 saturated carbocycles. The molecule has 48 valence electrons. The van der Waals surface area contributed by atoms with E-state index in [2.05, 4.69) is 21.2 Å². The Morgan fingerprint density at radius 1 is 1.88 bits per heavy atom. The van der Waals surface area contributed by atoms with Crippen molar-refractivity contribution in [3.05, 3.63) is 10.7 Å². The molecule has 0 atom stereocenters. The van der Waals surface area contributed by atoms with E-state index < -0.39 is 0 Å². The highest BCUT2D eigenvalue weighted by Gasteiger charge is 1.84. The van der Waals surface area contributed by atoms with Gasteiger partial charge in [0, 0.05) is 17.7 Å². The van der Waals surface area contributed by atoms with Crippen LogP contribution in [-0.2, 0) is 0 Å². The van der Waals surface area contributed by atoms with Gasteiger partial charge in [-0.25, -0.2) is 0 Å². The van der Waals surface area contributed by atoms with Crippen LogP contribution in [0, 0.1) is 0 Å². The van der Waals surface area contributed by atoms with Gasteiger partial charge in [-0.05, 0) is 13.0 Å². The van der Waals surface area contributed by atoms with Gasteiger partial charge in [0.25, 0.3) is 0 Å². The first-order chi connectivity index (χ1) is 3.81. The second-order valence-corrected chi connectivity index (χ2v) is 2.44. The van der Waals surface area contributed by atoms with E-state index in [0.29, 0.717) is 6.54 Å². The number of hydrogen-bond donors (Lipinski definition) is 2. The Kier molecular flexibility index (Phi) is 5.11. The fourth-order valence-electron chi connectivity index (χ4n) is 0.367. The Hall–Kier alpha value is -0.0200. The van der Waals surface area contributed by atoms with Crippen molar-refractivity contribution in [3.8, 4) is 0 Å². The second kappa shape index (κ2) is 5.12. The Morgan fingerprint density at radius 3 is 2.88 bits per heavy atom. The molecule has 0 aromatic heterocycles. The molecule has 0 rings (SSSR count). The molecule has 0 saturated heterocycles. The van der Waals surface area contributed by atoms with Crippen LogP contribution in [-0.4, -0.2) is 13.6 Å². The van der Waals surface area contributed by atoms with E-state index in [-0.39, 0.29) is 0 Å². The van der Waals surface area contributed by atoms with Gasteiger partial charge in [0.05, 0.1) is 0 Å². The number of nitrogens with two attached hydrogens (primary N) is 1. The number of halogens is 1. The molecule has 0 radical (unpaired) electrons. The molecule has 0 aromatic carbocycles. The Labute approximate surface area is 58.3 Å². The number of rotatable bonds is 3. The zero-order valence-corrected chi connectivity index (χ0v) is 6.53. The van der Waals surface area contributed by atoms with Crippen LogP contribution < -0.4 is 11.1 Å². The summed E-state index contributed by atoms with van der Waals surface area (Å²) in [5, 5.41) is 2.89. The summed E-state index contributed by atoms with van der Waals surface area (Å²) >= 11 is 3.32. The van der Waals surface area contributed by atoms with E-state index in [9.17, 15) is 0 Å². The third-order valence-electron chi connectivity index (χ3n) is 0.684. The average molecular weight is 179 g/mol. The highest BCUT2D eigenvalue weighted by molar-refractivity contribution is 9.11. The van der Waals surface area contributed by atoms with Crippen LogP contribution in [0.1, 0.15) is 6.42 Å². The van der Waals surface area contributed by atoms with Gasteiger partial charge in [-0.15, -0.1) is 0 Å². The molecule has 0 unspecified atom stereocenters. The molecule has 0 bridgehead atoms. The minimum absolute atomic E-state index is 0.693. The highest BCUT2D eigenvalue weighted by Crippen LogP contribution is 2.05. The van der Waals surface area contributed by atoms with E-state index in [1.165, 1.54) is 0 Å². The Balaban J connectivity index is 3.29. The van der Waals surface area contributed by atoms with Crippen LogP contribution in [0.15, 0.2) is 10.7 Å². The van der Waals surface area contributed by atoms with Crippen LogP contribution in [0.5, 0.6) is 0 Å². The molecule has 0 fully saturated rings. The maximum absolute atomic E-state index is 5.26. The molecule has 3 N–H and O–H groups in total. The normalized spacial score (nSPS) is 11.6. The molecule has 8 heavy (non-hydrogen) atoms. The summed E-state index contributed by atoms with van der Waals surface area (Å²) in [6, 6.07) is 0. The van der Waals surface area contributed by atoms with Gasteiger partial charge >= 0.3 is 0 Å². The van der Waals surface area contributed by atoms with Gasteiger partial charge in [0.1, 0.15) is 0 Å². The summed E-state index contributed by atoms with van der Waals surface area (Å²) in [7, 11) is 1.86. The Bertz CT molecular complexity index is 80.5. The summed E-state index contributed by atoms with van der Waals surface area (Å²) in [5.74, 6) is 0. The van der Waals surface area contributed by atoms with Crippen LogP contribution in [0.2, 0.25) is 0 Å². The van der Waals surface area contributed by atoms with Gasteiger partial charge in [-0.2, -0.15) is 0 Å². The van der Waals surface area contributed by atoms with Gasteiger partial charge in [0.15, 0.2) is 0 Å². The molecule has 0 aliphatic carbocycles. The summed E-state index contributed by atoms with van der Waals surface area (Å²) in [5.41, 5.74) is 5.26. The summed E-state index contributed by atoms with van der Waals surface area (Å²) in [6.07, 6.45) is 2.79.